The van der Waals surface area contributed by atoms with Crippen LogP contribution in [0.1, 0.15) is 21.5 Å². The Morgan fingerprint density at radius 2 is 2.42 bits per heavy atom. The van der Waals surface area contributed by atoms with Crippen molar-refractivity contribution in [2.45, 2.75) is 13.3 Å². The number of hydrogen-bond donors (Lipinski definition) is 0. The molecule has 1 rings (SSSR count). The number of thiophene rings is 1. The Labute approximate surface area is 80.1 Å². The van der Waals surface area contributed by atoms with Crippen molar-refractivity contribution in [3.05, 3.63) is 20.8 Å². The van der Waals surface area contributed by atoms with E-state index in [0.717, 1.165) is 11.3 Å². The van der Waals surface area contributed by atoms with Crippen LogP contribution in [0.4, 0.5) is 0 Å². The second kappa shape index (κ2) is 3.92. The monoisotopic (exact) mass is 204 g/mol. The van der Waals surface area contributed by atoms with E-state index in [9.17, 15) is 4.79 Å². The van der Waals surface area contributed by atoms with Crippen molar-refractivity contribution in [2.75, 3.05) is 7.11 Å². The van der Waals surface area contributed by atoms with E-state index in [0.29, 0.717) is 9.90 Å². The maximum Gasteiger partial charge on any atom is 0.348 e. The Morgan fingerprint density at radius 1 is 1.75 bits per heavy atom. The van der Waals surface area contributed by atoms with Gasteiger partial charge in [-0.3, -0.25) is 0 Å². The van der Waals surface area contributed by atoms with E-state index in [4.69, 9.17) is 11.6 Å². The predicted octanol–water partition coefficient (Wildman–Crippen LogP) is 2.75. The third-order valence-corrected chi connectivity index (χ3v) is 3.17. The molecular weight excluding hydrogens is 196 g/mol. The van der Waals surface area contributed by atoms with Gasteiger partial charge in [-0.05, 0) is 12.5 Å². The molecule has 0 radical (unpaired) electrons. The maximum absolute atomic E-state index is 11.0. The lowest BCUT2D eigenvalue weighted by Crippen LogP contribution is -1.96. The first-order valence-corrected chi connectivity index (χ1v) is 4.75. The number of hydrogen-bond acceptors (Lipinski definition) is 3. The van der Waals surface area contributed by atoms with Gasteiger partial charge in [0.25, 0.3) is 0 Å². The molecule has 1 aromatic rings. The average Bonchev–Trinajstić information content (AvgIpc) is 2.45. The Kier molecular flexibility index (Phi) is 3.12. The second-order valence-corrected chi connectivity index (χ2v) is 3.77. The second-order valence-electron chi connectivity index (χ2n) is 2.23. The smallest absolute Gasteiger partial charge is 0.348 e. The average molecular weight is 205 g/mol. The summed E-state index contributed by atoms with van der Waals surface area (Å²) in [5.74, 6) is -0.318. The molecule has 0 atom stereocenters. The largest absolute Gasteiger partial charge is 0.465 e. The molecular formula is C8H9ClO2S. The van der Waals surface area contributed by atoms with Crippen LogP contribution in [0.25, 0.3) is 0 Å². The van der Waals surface area contributed by atoms with E-state index in [2.05, 4.69) is 4.74 Å². The van der Waals surface area contributed by atoms with Gasteiger partial charge in [0.1, 0.15) is 4.88 Å². The van der Waals surface area contributed by atoms with Crippen LogP contribution in [0.3, 0.4) is 0 Å². The number of esters is 1. The normalized spacial score (nSPS) is 9.92. The van der Waals surface area contributed by atoms with E-state index in [1.54, 1.807) is 6.07 Å². The lowest BCUT2D eigenvalue weighted by Gasteiger charge is -1.91. The lowest BCUT2D eigenvalue weighted by molar-refractivity contribution is 0.0606. The highest BCUT2D eigenvalue weighted by Crippen LogP contribution is 2.27. The molecule has 0 fully saturated rings. The number of methoxy groups -OCH3 is 1. The predicted molar refractivity (Wildman–Crippen MR) is 50.0 cm³/mol. The summed E-state index contributed by atoms with van der Waals surface area (Å²) in [6.45, 7) is 2.00. The summed E-state index contributed by atoms with van der Waals surface area (Å²) in [6.07, 6.45) is 0.848. The molecule has 0 aliphatic heterocycles. The minimum atomic E-state index is -0.318. The summed E-state index contributed by atoms with van der Waals surface area (Å²) in [5.41, 5.74) is 0. The fraction of sp³-hybridized carbons (Fsp3) is 0.375. The first-order valence-electron chi connectivity index (χ1n) is 3.55. The Bertz CT molecular complexity index is 293. The molecule has 0 aliphatic rings. The van der Waals surface area contributed by atoms with E-state index < -0.39 is 0 Å². The first kappa shape index (κ1) is 9.55. The molecule has 4 heteroatoms. The highest BCUT2D eigenvalue weighted by molar-refractivity contribution is 7.14. The van der Waals surface area contributed by atoms with Crippen molar-refractivity contribution in [3.8, 4) is 0 Å². The molecule has 1 aromatic heterocycles. The van der Waals surface area contributed by atoms with Crippen molar-refractivity contribution >= 4 is 28.9 Å². The van der Waals surface area contributed by atoms with Gasteiger partial charge in [-0.25, -0.2) is 4.79 Å². The molecule has 0 aromatic carbocycles. The summed E-state index contributed by atoms with van der Waals surface area (Å²) < 4.78 is 4.56. The van der Waals surface area contributed by atoms with Crippen molar-refractivity contribution in [1.29, 1.82) is 0 Å². The molecule has 2 nitrogen and oxygen atoms in total. The fourth-order valence-corrected chi connectivity index (χ4v) is 2.18. The van der Waals surface area contributed by atoms with Crippen LogP contribution in [0.2, 0.25) is 5.02 Å². The molecule has 0 saturated heterocycles. The minimum absolute atomic E-state index is 0.318. The molecule has 12 heavy (non-hydrogen) atoms. The van der Waals surface area contributed by atoms with Gasteiger partial charge in [0.15, 0.2) is 0 Å². The summed E-state index contributed by atoms with van der Waals surface area (Å²) in [5, 5.41) is 0.655. The molecule has 1 heterocycles. The van der Waals surface area contributed by atoms with Crippen LogP contribution < -0.4 is 0 Å². The molecule has 0 unspecified atom stereocenters. The van der Waals surface area contributed by atoms with Crippen molar-refractivity contribution in [3.63, 3.8) is 0 Å². The third kappa shape index (κ3) is 1.79. The van der Waals surface area contributed by atoms with Gasteiger partial charge in [-0.2, -0.15) is 0 Å². The zero-order valence-corrected chi connectivity index (χ0v) is 8.46. The number of carbonyl (C=O) groups excluding carboxylic acids is 1. The van der Waals surface area contributed by atoms with Crippen molar-refractivity contribution in [1.82, 2.24) is 0 Å². The molecule has 0 aliphatic carbocycles. The molecule has 0 bridgehead atoms. The van der Waals surface area contributed by atoms with Crippen molar-refractivity contribution < 1.29 is 9.53 Å². The highest BCUT2D eigenvalue weighted by atomic mass is 35.5. The zero-order chi connectivity index (χ0) is 9.14. The standard InChI is InChI=1S/C8H9ClO2S/c1-3-6-5(9)4-7(12-6)8(10)11-2/h4H,3H2,1-2H3. The Balaban J connectivity index is 2.96. The quantitative estimate of drug-likeness (QED) is 0.693. The van der Waals surface area contributed by atoms with Crippen LogP contribution in [0, 0.1) is 0 Å². The van der Waals surface area contributed by atoms with Gasteiger partial charge < -0.3 is 4.74 Å². The van der Waals surface area contributed by atoms with Crippen LogP contribution >= 0.6 is 22.9 Å². The number of rotatable bonds is 2. The number of carbonyl (C=O) groups is 1. The van der Waals surface area contributed by atoms with Gasteiger partial charge in [-0.1, -0.05) is 18.5 Å². The zero-order valence-electron chi connectivity index (χ0n) is 6.89. The van der Waals surface area contributed by atoms with Crippen molar-refractivity contribution in [2.24, 2.45) is 0 Å². The number of halogens is 1. The van der Waals surface area contributed by atoms with Gasteiger partial charge >= 0.3 is 5.97 Å². The Morgan fingerprint density at radius 3 is 2.83 bits per heavy atom. The van der Waals surface area contributed by atoms with Gasteiger partial charge in [0, 0.05) is 4.88 Å². The van der Waals surface area contributed by atoms with E-state index in [1.807, 2.05) is 6.92 Å². The van der Waals surface area contributed by atoms with Crippen LogP contribution in [0.15, 0.2) is 6.07 Å². The summed E-state index contributed by atoms with van der Waals surface area (Å²) in [4.78, 5) is 12.6. The van der Waals surface area contributed by atoms with Gasteiger partial charge in [-0.15, -0.1) is 11.3 Å². The van der Waals surface area contributed by atoms with E-state index >= 15 is 0 Å². The van der Waals surface area contributed by atoms with Gasteiger partial charge in [0.2, 0.25) is 0 Å². The first-order chi connectivity index (χ1) is 5.69. The lowest BCUT2D eigenvalue weighted by atomic mass is 10.3. The summed E-state index contributed by atoms with van der Waals surface area (Å²) in [6, 6.07) is 1.65. The van der Waals surface area contributed by atoms with Crippen LogP contribution in [0.5, 0.6) is 0 Å². The summed E-state index contributed by atoms with van der Waals surface area (Å²) in [7, 11) is 1.36. The molecule has 0 spiro atoms. The fourth-order valence-electron chi connectivity index (χ4n) is 0.849. The number of ether oxygens (including phenoxy) is 1. The minimum Gasteiger partial charge on any atom is -0.465 e. The molecule has 0 saturated carbocycles. The molecule has 0 amide bonds. The summed E-state index contributed by atoms with van der Waals surface area (Å²) >= 11 is 7.23. The van der Waals surface area contributed by atoms with E-state index in [-0.39, 0.29) is 5.97 Å². The molecule has 66 valence electrons. The third-order valence-electron chi connectivity index (χ3n) is 1.47. The van der Waals surface area contributed by atoms with Crippen LogP contribution in [-0.4, -0.2) is 13.1 Å². The topological polar surface area (TPSA) is 26.3 Å². The highest BCUT2D eigenvalue weighted by Gasteiger charge is 2.11. The Hall–Kier alpha value is -0.540. The van der Waals surface area contributed by atoms with E-state index in [1.165, 1.54) is 18.4 Å². The SMILES string of the molecule is CCc1sc(C(=O)OC)cc1Cl. The van der Waals surface area contributed by atoms with Gasteiger partial charge in [0.05, 0.1) is 12.1 Å². The molecule has 0 N–H and O–H groups in total. The maximum atomic E-state index is 11.0. The van der Waals surface area contributed by atoms with Crippen LogP contribution in [-0.2, 0) is 11.2 Å². The number of aryl methyl sites for hydroxylation is 1.